The maximum Gasteiger partial charge on any atom is 0.286 e. The van der Waals surface area contributed by atoms with E-state index in [0.29, 0.717) is 5.02 Å². The molecule has 3 aromatic rings. The molecule has 8 heteroatoms. The molecule has 1 atom stereocenters. The maximum absolute atomic E-state index is 13.5. The van der Waals surface area contributed by atoms with Crippen LogP contribution in [0.4, 0.5) is 4.39 Å². The lowest BCUT2D eigenvalue weighted by Crippen LogP contribution is -2.47. The minimum atomic E-state index is -1.01. The van der Waals surface area contributed by atoms with E-state index in [-0.39, 0.29) is 11.4 Å². The highest BCUT2D eigenvalue weighted by atomic mass is 35.5. The Labute approximate surface area is 153 Å². The van der Waals surface area contributed by atoms with E-state index in [0.717, 1.165) is 10.9 Å². The van der Waals surface area contributed by atoms with Crippen molar-refractivity contribution in [2.24, 2.45) is 0 Å². The fourth-order valence-corrected chi connectivity index (χ4v) is 2.48. The molecule has 0 bridgehead atoms. The van der Waals surface area contributed by atoms with Crippen LogP contribution < -0.4 is 15.6 Å². The molecule has 3 rings (SSSR count). The second-order valence-electron chi connectivity index (χ2n) is 5.55. The molecule has 2 aromatic carbocycles. The normalized spacial score (nSPS) is 11.8. The van der Waals surface area contributed by atoms with Gasteiger partial charge in [0.1, 0.15) is 5.69 Å². The van der Waals surface area contributed by atoms with Gasteiger partial charge in [0.05, 0.1) is 0 Å². The van der Waals surface area contributed by atoms with E-state index in [1.807, 2.05) is 0 Å². The number of aromatic amines is 1. The maximum atomic E-state index is 13.5. The number of carbonyl (C=O) groups is 2. The summed E-state index contributed by atoms with van der Waals surface area (Å²) in [5.74, 6) is -1.79. The van der Waals surface area contributed by atoms with Crippen molar-refractivity contribution < 1.29 is 18.7 Å². The van der Waals surface area contributed by atoms with E-state index in [9.17, 15) is 14.0 Å². The van der Waals surface area contributed by atoms with Gasteiger partial charge in [0.25, 0.3) is 11.8 Å². The van der Waals surface area contributed by atoms with Crippen molar-refractivity contribution >= 4 is 34.3 Å². The molecular formula is C18H15ClFN3O3. The largest absolute Gasteiger partial charge is 0.478 e. The Kier molecular flexibility index (Phi) is 5.09. The quantitative estimate of drug-likeness (QED) is 0.612. The topological polar surface area (TPSA) is 83.2 Å². The zero-order valence-corrected chi connectivity index (χ0v) is 14.4. The number of amides is 2. The molecular weight excluding hydrogens is 361 g/mol. The molecule has 0 aliphatic heterocycles. The average Bonchev–Trinajstić information content (AvgIpc) is 3.04. The molecule has 0 aliphatic carbocycles. The van der Waals surface area contributed by atoms with E-state index in [1.165, 1.54) is 25.1 Å². The van der Waals surface area contributed by atoms with Gasteiger partial charge in [0, 0.05) is 15.9 Å². The van der Waals surface area contributed by atoms with Gasteiger partial charge >= 0.3 is 0 Å². The minimum Gasteiger partial charge on any atom is -0.478 e. The van der Waals surface area contributed by atoms with Crippen LogP contribution in [-0.4, -0.2) is 22.9 Å². The lowest BCUT2D eigenvalue weighted by molar-refractivity contribution is -0.128. The number of benzene rings is 2. The molecule has 6 nitrogen and oxygen atoms in total. The van der Waals surface area contributed by atoms with Crippen LogP contribution in [0, 0.1) is 5.82 Å². The van der Waals surface area contributed by atoms with Crippen molar-refractivity contribution in [2.45, 2.75) is 13.0 Å². The Morgan fingerprint density at radius 1 is 1.15 bits per heavy atom. The molecule has 0 saturated heterocycles. The second kappa shape index (κ2) is 7.45. The second-order valence-corrected chi connectivity index (χ2v) is 5.98. The first-order valence-corrected chi connectivity index (χ1v) is 8.11. The lowest BCUT2D eigenvalue weighted by Gasteiger charge is -2.15. The number of hydrogen-bond donors (Lipinski definition) is 3. The molecule has 2 amide bonds. The van der Waals surface area contributed by atoms with E-state index in [2.05, 4.69) is 15.8 Å². The van der Waals surface area contributed by atoms with Crippen LogP contribution in [-0.2, 0) is 4.79 Å². The number of hydrazine groups is 1. The molecule has 1 heterocycles. The molecule has 26 heavy (non-hydrogen) atoms. The summed E-state index contributed by atoms with van der Waals surface area (Å²) in [6.07, 6.45) is -1.01. The van der Waals surface area contributed by atoms with Gasteiger partial charge in [-0.15, -0.1) is 0 Å². The standard InChI is InChI=1S/C18H15ClFN3O3/c1-10(26-16-5-3-2-4-13(16)20)17(24)22-23-18(25)15-9-11-8-12(19)6-7-14(11)21-15/h2-10,21H,1H3,(H,22,24)(H,23,25). The van der Waals surface area contributed by atoms with Crippen LogP contribution in [0.5, 0.6) is 5.75 Å². The van der Waals surface area contributed by atoms with Crippen LogP contribution in [0.1, 0.15) is 17.4 Å². The molecule has 1 aromatic heterocycles. The summed E-state index contributed by atoms with van der Waals surface area (Å²) in [6.45, 7) is 1.44. The van der Waals surface area contributed by atoms with Gasteiger partial charge in [-0.3, -0.25) is 20.4 Å². The molecule has 0 fully saturated rings. The monoisotopic (exact) mass is 375 g/mol. The van der Waals surface area contributed by atoms with Gasteiger partial charge in [0.2, 0.25) is 0 Å². The third-order valence-corrected chi connectivity index (χ3v) is 3.87. The van der Waals surface area contributed by atoms with Gasteiger partial charge in [-0.05, 0) is 43.3 Å². The van der Waals surface area contributed by atoms with Crippen molar-refractivity contribution in [1.29, 1.82) is 0 Å². The lowest BCUT2D eigenvalue weighted by atomic mass is 10.2. The number of nitrogens with one attached hydrogen (secondary N) is 3. The zero-order chi connectivity index (χ0) is 18.7. The summed E-state index contributed by atoms with van der Waals surface area (Å²) in [7, 11) is 0. The summed E-state index contributed by atoms with van der Waals surface area (Å²) in [5, 5.41) is 1.32. The number of H-pyrrole nitrogens is 1. The molecule has 0 saturated carbocycles. The predicted octanol–water partition coefficient (Wildman–Crippen LogP) is 3.19. The summed E-state index contributed by atoms with van der Waals surface area (Å²) in [4.78, 5) is 27.1. The number of para-hydroxylation sites is 1. The van der Waals surface area contributed by atoms with Crippen LogP contribution >= 0.6 is 11.6 Å². The Bertz CT molecular complexity index is 973. The first-order valence-electron chi connectivity index (χ1n) is 7.73. The molecule has 134 valence electrons. The van der Waals surface area contributed by atoms with Crippen LogP contribution in [0.25, 0.3) is 10.9 Å². The van der Waals surface area contributed by atoms with Gasteiger partial charge in [-0.25, -0.2) is 4.39 Å². The first kappa shape index (κ1) is 17.8. The van der Waals surface area contributed by atoms with Crippen molar-refractivity contribution in [2.75, 3.05) is 0 Å². The van der Waals surface area contributed by atoms with E-state index in [4.69, 9.17) is 16.3 Å². The van der Waals surface area contributed by atoms with Crippen molar-refractivity contribution in [3.8, 4) is 5.75 Å². The Balaban J connectivity index is 1.59. The number of aromatic nitrogens is 1. The summed E-state index contributed by atoms with van der Waals surface area (Å²) in [6, 6.07) is 12.5. The van der Waals surface area contributed by atoms with Crippen molar-refractivity contribution in [3.05, 3.63) is 65.1 Å². The highest BCUT2D eigenvalue weighted by molar-refractivity contribution is 6.31. The molecule has 1 unspecified atom stereocenters. The molecule has 0 spiro atoms. The third-order valence-electron chi connectivity index (χ3n) is 3.64. The van der Waals surface area contributed by atoms with E-state index in [1.54, 1.807) is 30.3 Å². The Hall–Kier alpha value is -3.06. The van der Waals surface area contributed by atoms with Gasteiger partial charge in [-0.1, -0.05) is 23.7 Å². The molecule has 0 radical (unpaired) electrons. The number of carbonyl (C=O) groups excluding carboxylic acids is 2. The van der Waals surface area contributed by atoms with Crippen LogP contribution in [0.2, 0.25) is 5.02 Å². The van der Waals surface area contributed by atoms with Gasteiger partial charge in [-0.2, -0.15) is 0 Å². The zero-order valence-electron chi connectivity index (χ0n) is 13.7. The number of hydrogen-bond acceptors (Lipinski definition) is 3. The smallest absolute Gasteiger partial charge is 0.286 e. The van der Waals surface area contributed by atoms with E-state index >= 15 is 0 Å². The van der Waals surface area contributed by atoms with Crippen molar-refractivity contribution in [1.82, 2.24) is 15.8 Å². The van der Waals surface area contributed by atoms with E-state index < -0.39 is 23.7 Å². The molecule has 0 aliphatic rings. The van der Waals surface area contributed by atoms with Crippen molar-refractivity contribution in [3.63, 3.8) is 0 Å². The fourth-order valence-electron chi connectivity index (χ4n) is 2.30. The summed E-state index contributed by atoms with van der Waals surface area (Å²) in [5.41, 5.74) is 5.52. The Morgan fingerprint density at radius 2 is 1.92 bits per heavy atom. The number of ether oxygens (including phenoxy) is 1. The highest BCUT2D eigenvalue weighted by Crippen LogP contribution is 2.20. The number of rotatable bonds is 4. The average molecular weight is 376 g/mol. The van der Waals surface area contributed by atoms with Crippen LogP contribution in [0.15, 0.2) is 48.5 Å². The number of fused-ring (bicyclic) bond motifs is 1. The first-order chi connectivity index (χ1) is 12.4. The summed E-state index contributed by atoms with van der Waals surface area (Å²) < 4.78 is 18.8. The SMILES string of the molecule is CC(Oc1ccccc1F)C(=O)NNC(=O)c1cc2cc(Cl)ccc2[nH]1. The minimum absolute atomic E-state index is 0.0472. The molecule has 3 N–H and O–H groups in total. The highest BCUT2D eigenvalue weighted by Gasteiger charge is 2.18. The number of halogens is 2. The Morgan fingerprint density at radius 3 is 2.69 bits per heavy atom. The fraction of sp³-hybridized carbons (Fsp3) is 0.111. The summed E-state index contributed by atoms with van der Waals surface area (Å²) >= 11 is 5.91. The van der Waals surface area contributed by atoms with Gasteiger partial charge in [0.15, 0.2) is 17.7 Å². The van der Waals surface area contributed by atoms with Crippen LogP contribution in [0.3, 0.4) is 0 Å². The van der Waals surface area contributed by atoms with Gasteiger partial charge < -0.3 is 9.72 Å². The third kappa shape index (κ3) is 3.94. The predicted molar refractivity (Wildman–Crippen MR) is 95.4 cm³/mol.